The van der Waals surface area contributed by atoms with Crippen LogP contribution in [-0.2, 0) is 0 Å². The summed E-state index contributed by atoms with van der Waals surface area (Å²) in [7, 11) is 0. The van der Waals surface area contributed by atoms with Crippen LogP contribution in [0.2, 0.25) is 5.15 Å². The van der Waals surface area contributed by atoms with Gasteiger partial charge >= 0.3 is 0 Å². The Labute approximate surface area is 112 Å². The highest BCUT2D eigenvalue weighted by Crippen LogP contribution is 2.31. The maximum atomic E-state index is 13.8. The number of aryl methyl sites for hydroxylation is 2. The van der Waals surface area contributed by atoms with Crippen molar-refractivity contribution < 1.29 is 4.39 Å². The molecule has 0 bridgehead atoms. The fraction of sp³-hybridized carbons (Fsp3) is 0.167. The summed E-state index contributed by atoms with van der Waals surface area (Å²) in [6, 6.07) is 4.01. The number of halogens is 2. The van der Waals surface area contributed by atoms with Crippen LogP contribution in [0, 0.1) is 19.7 Å². The van der Waals surface area contributed by atoms with E-state index in [1.807, 2.05) is 30.5 Å². The molecule has 0 aromatic carbocycles. The summed E-state index contributed by atoms with van der Waals surface area (Å²) in [5.41, 5.74) is 2.65. The zero-order valence-corrected chi connectivity index (χ0v) is 11.3. The van der Waals surface area contributed by atoms with Gasteiger partial charge in [0, 0.05) is 11.4 Å². The molecule has 0 saturated heterocycles. The predicted molar refractivity (Wildman–Crippen MR) is 71.2 cm³/mol. The topological polar surface area (TPSA) is 30.7 Å². The molecule has 0 radical (unpaired) electrons. The summed E-state index contributed by atoms with van der Waals surface area (Å²) < 4.78 is 16.2. The molecular weight excluding hydrogens is 273 g/mol. The SMILES string of the molecule is Cc1ccc(C)n1-c1nc2cnc(Cl)c(F)c2s1. The second kappa shape index (κ2) is 4.03. The molecule has 3 rings (SSSR count). The van der Waals surface area contributed by atoms with Crippen molar-refractivity contribution >= 4 is 33.2 Å². The molecule has 0 unspecified atom stereocenters. The summed E-state index contributed by atoms with van der Waals surface area (Å²) in [5.74, 6) is -0.500. The molecule has 0 N–H and O–H groups in total. The molecule has 3 aromatic heterocycles. The van der Waals surface area contributed by atoms with E-state index in [1.54, 1.807) is 0 Å². The van der Waals surface area contributed by atoms with Crippen LogP contribution in [0.5, 0.6) is 0 Å². The van der Waals surface area contributed by atoms with Gasteiger partial charge in [-0.25, -0.2) is 14.4 Å². The summed E-state index contributed by atoms with van der Waals surface area (Å²) >= 11 is 6.95. The van der Waals surface area contributed by atoms with Crippen molar-refractivity contribution in [1.29, 1.82) is 0 Å². The molecule has 0 aliphatic carbocycles. The zero-order valence-electron chi connectivity index (χ0n) is 9.74. The standard InChI is InChI=1S/C12H9ClFN3S/c1-6-3-4-7(2)17(6)12-16-8-5-15-11(13)9(14)10(8)18-12/h3-5H,1-2H3. The quantitative estimate of drug-likeness (QED) is 0.634. The number of hydrogen-bond acceptors (Lipinski definition) is 3. The van der Waals surface area contributed by atoms with Gasteiger partial charge in [-0.05, 0) is 26.0 Å². The van der Waals surface area contributed by atoms with Crippen LogP contribution >= 0.6 is 22.9 Å². The number of nitrogens with zero attached hydrogens (tertiary/aromatic N) is 3. The summed E-state index contributed by atoms with van der Waals surface area (Å²) in [4.78, 5) is 8.17. The number of thiazole rings is 1. The van der Waals surface area contributed by atoms with Crippen molar-refractivity contribution in [3.05, 3.63) is 40.7 Å². The highest BCUT2D eigenvalue weighted by atomic mass is 35.5. The molecule has 18 heavy (non-hydrogen) atoms. The largest absolute Gasteiger partial charge is 0.295 e. The molecule has 0 aliphatic heterocycles. The van der Waals surface area contributed by atoms with E-state index in [-0.39, 0.29) is 5.15 Å². The first-order valence-corrected chi connectivity index (χ1v) is 6.53. The zero-order chi connectivity index (χ0) is 12.9. The van der Waals surface area contributed by atoms with Gasteiger partial charge in [-0.15, -0.1) is 0 Å². The van der Waals surface area contributed by atoms with Gasteiger partial charge in [0.1, 0.15) is 5.52 Å². The van der Waals surface area contributed by atoms with Crippen LogP contribution in [0.4, 0.5) is 4.39 Å². The Kier molecular flexibility index (Phi) is 2.60. The van der Waals surface area contributed by atoms with E-state index in [0.717, 1.165) is 16.5 Å². The number of rotatable bonds is 1. The van der Waals surface area contributed by atoms with E-state index < -0.39 is 5.82 Å². The van der Waals surface area contributed by atoms with Gasteiger partial charge in [0.05, 0.1) is 10.9 Å². The molecule has 3 aromatic rings. The van der Waals surface area contributed by atoms with Gasteiger partial charge in [-0.2, -0.15) is 0 Å². The molecule has 0 atom stereocenters. The number of fused-ring (bicyclic) bond motifs is 1. The van der Waals surface area contributed by atoms with E-state index in [0.29, 0.717) is 10.2 Å². The average molecular weight is 282 g/mol. The Morgan fingerprint density at radius 3 is 2.61 bits per heavy atom. The van der Waals surface area contributed by atoms with Crippen molar-refractivity contribution in [3.63, 3.8) is 0 Å². The van der Waals surface area contributed by atoms with Gasteiger partial charge in [-0.3, -0.25) is 4.57 Å². The minimum Gasteiger partial charge on any atom is -0.295 e. The van der Waals surface area contributed by atoms with Crippen molar-refractivity contribution in [2.45, 2.75) is 13.8 Å². The van der Waals surface area contributed by atoms with E-state index >= 15 is 0 Å². The molecule has 92 valence electrons. The third kappa shape index (κ3) is 1.62. The first-order valence-electron chi connectivity index (χ1n) is 5.34. The molecule has 0 aliphatic rings. The molecule has 0 saturated carbocycles. The Morgan fingerprint density at radius 1 is 1.28 bits per heavy atom. The molecule has 0 amide bonds. The lowest BCUT2D eigenvalue weighted by molar-refractivity contribution is 0.636. The smallest absolute Gasteiger partial charge is 0.195 e. The predicted octanol–water partition coefficient (Wildman–Crippen LogP) is 3.89. The Morgan fingerprint density at radius 2 is 1.94 bits per heavy atom. The number of aromatic nitrogens is 3. The van der Waals surface area contributed by atoms with E-state index in [2.05, 4.69) is 9.97 Å². The minimum atomic E-state index is -0.500. The van der Waals surface area contributed by atoms with Gasteiger partial charge in [0.15, 0.2) is 16.1 Å². The first kappa shape index (κ1) is 11.6. The fourth-order valence-electron chi connectivity index (χ4n) is 1.90. The highest BCUT2D eigenvalue weighted by Gasteiger charge is 2.15. The van der Waals surface area contributed by atoms with Crippen molar-refractivity contribution in [2.75, 3.05) is 0 Å². The van der Waals surface area contributed by atoms with E-state index in [1.165, 1.54) is 17.5 Å². The Hall–Kier alpha value is -1.46. The van der Waals surface area contributed by atoms with Crippen molar-refractivity contribution in [2.24, 2.45) is 0 Å². The van der Waals surface area contributed by atoms with E-state index in [4.69, 9.17) is 11.6 Å². The molecule has 6 heteroatoms. The summed E-state index contributed by atoms with van der Waals surface area (Å²) in [5, 5.41) is 0.617. The normalized spacial score (nSPS) is 11.3. The molecule has 3 nitrogen and oxygen atoms in total. The van der Waals surface area contributed by atoms with Crippen LogP contribution in [-0.4, -0.2) is 14.5 Å². The van der Waals surface area contributed by atoms with Gasteiger partial charge in [0.2, 0.25) is 0 Å². The Balaban J connectivity index is 2.29. The second-order valence-electron chi connectivity index (χ2n) is 4.03. The van der Waals surface area contributed by atoms with Crippen LogP contribution in [0.1, 0.15) is 11.4 Å². The Bertz CT molecular complexity index is 728. The lowest BCUT2D eigenvalue weighted by Gasteiger charge is -2.03. The van der Waals surface area contributed by atoms with Crippen LogP contribution in [0.15, 0.2) is 18.3 Å². The lowest BCUT2D eigenvalue weighted by Crippen LogP contribution is -1.97. The fourth-order valence-corrected chi connectivity index (χ4v) is 3.19. The maximum Gasteiger partial charge on any atom is 0.195 e. The number of hydrogen-bond donors (Lipinski definition) is 0. The maximum absolute atomic E-state index is 13.8. The highest BCUT2D eigenvalue weighted by molar-refractivity contribution is 7.20. The first-order chi connectivity index (χ1) is 8.58. The van der Waals surface area contributed by atoms with Crippen LogP contribution in [0.3, 0.4) is 0 Å². The number of pyridine rings is 1. The van der Waals surface area contributed by atoms with Crippen molar-refractivity contribution in [1.82, 2.24) is 14.5 Å². The van der Waals surface area contributed by atoms with Crippen LogP contribution in [0.25, 0.3) is 15.3 Å². The molecule has 0 spiro atoms. The third-order valence-electron chi connectivity index (χ3n) is 2.79. The molecular formula is C12H9ClFN3S. The van der Waals surface area contributed by atoms with Crippen LogP contribution < -0.4 is 0 Å². The van der Waals surface area contributed by atoms with E-state index in [9.17, 15) is 4.39 Å². The van der Waals surface area contributed by atoms with Crippen molar-refractivity contribution in [3.8, 4) is 5.13 Å². The van der Waals surface area contributed by atoms with Gasteiger partial charge in [-0.1, -0.05) is 22.9 Å². The third-order valence-corrected chi connectivity index (χ3v) is 4.10. The summed E-state index contributed by atoms with van der Waals surface area (Å²) in [6.45, 7) is 3.97. The average Bonchev–Trinajstić information content (AvgIpc) is 2.88. The minimum absolute atomic E-state index is 0.112. The summed E-state index contributed by atoms with van der Waals surface area (Å²) in [6.07, 6.45) is 1.49. The lowest BCUT2D eigenvalue weighted by atomic mass is 10.4. The second-order valence-corrected chi connectivity index (χ2v) is 5.36. The molecule has 3 heterocycles. The van der Waals surface area contributed by atoms with Gasteiger partial charge in [0.25, 0.3) is 0 Å². The van der Waals surface area contributed by atoms with Gasteiger partial charge < -0.3 is 0 Å². The monoisotopic (exact) mass is 281 g/mol. The molecule has 0 fully saturated rings.